The van der Waals surface area contributed by atoms with E-state index in [4.69, 9.17) is 16.9 Å². The molecule has 0 atom stereocenters. The molecule has 0 aromatic carbocycles. The van der Waals surface area contributed by atoms with Crippen LogP contribution < -0.4 is 0 Å². The van der Waals surface area contributed by atoms with Gasteiger partial charge in [-0.25, -0.2) is 4.98 Å². The fourth-order valence-electron chi connectivity index (χ4n) is 0.866. The van der Waals surface area contributed by atoms with Crippen LogP contribution in [-0.4, -0.2) is 15.9 Å². The first-order chi connectivity index (χ1) is 7.63. The van der Waals surface area contributed by atoms with Crippen molar-refractivity contribution in [1.29, 1.82) is 5.26 Å². The Labute approximate surface area is 103 Å². The molecule has 0 N–H and O–H groups in total. The first-order valence-electron chi connectivity index (χ1n) is 4.31. The van der Waals surface area contributed by atoms with Crippen molar-refractivity contribution < 1.29 is 4.79 Å². The summed E-state index contributed by atoms with van der Waals surface area (Å²) < 4.78 is 0. The number of aromatic nitrogens is 1. The van der Waals surface area contributed by atoms with E-state index < -0.39 is 0 Å². The number of pyridine rings is 1. The standard InChI is InChI=1S/C11H7ClN2OS/c1-8(15)16-4-2-3-10-5-9(6-13)7-14-11(10)12/h5,7H,4H2,1H3. The summed E-state index contributed by atoms with van der Waals surface area (Å²) in [5.41, 5.74) is 0.915. The summed E-state index contributed by atoms with van der Waals surface area (Å²) in [7, 11) is 0. The number of halogens is 1. The Morgan fingerprint density at radius 2 is 2.44 bits per heavy atom. The van der Waals surface area contributed by atoms with Crippen LogP contribution in [0.4, 0.5) is 0 Å². The summed E-state index contributed by atoms with van der Waals surface area (Å²) in [6.07, 6.45) is 1.39. The van der Waals surface area contributed by atoms with Crippen LogP contribution >= 0.6 is 23.4 Å². The van der Waals surface area contributed by atoms with Gasteiger partial charge in [-0.05, 0) is 6.07 Å². The Morgan fingerprint density at radius 1 is 1.69 bits per heavy atom. The molecule has 16 heavy (non-hydrogen) atoms. The van der Waals surface area contributed by atoms with Gasteiger partial charge in [0.05, 0.1) is 16.9 Å². The van der Waals surface area contributed by atoms with Crippen LogP contribution in [0.15, 0.2) is 12.3 Å². The fourth-order valence-corrected chi connectivity index (χ4v) is 1.36. The Bertz CT molecular complexity index is 511. The van der Waals surface area contributed by atoms with E-state index in [0.717, 1.165) is 11.8 Å². The topological polar surface area (TPSA) is 53.8 Å². The number of rotatable bonds is 1. The molecular formula is C11H7ClN2OS. The van der Waals surface area contributed by atoms with Crippen LogP contribution in [0.2, 0.25) is 5.15 Å². The van der Waals surface area contributed by atoms with Gasteiger partial charge in [-0.3, -0.25) is 4.79 Å². The van der Waals surface area contributed by atoms with Crippen molar-refractivity contribution in [3.8, 4) is 17.9 Å². The van der Waals surface area contributed by atoms with Crippen LogP contribution in [-0.2, 0) is 4.79 Å². The molecule has 0 spiro atoms. The Hall–Kier alpha value is -1.49. The normalized spacial score (nSPS) is 8.81. The molecule has 1 aromatic heterocycles. The molecule has 1 aromatic rings. The molecule has 0 saturated carbocycles. The first-order valence-corrected chi connectivity index (χ1v) is 5.67. The molecule has 0 unspecified atom stereocenters. The smallest absolute Gasteiger partial charge is 0.186 e. The zero-order valence-electron chi connectivity index (χ0n) is 8.45. The number of hydrogen-bond acceptors (Lipinski definition) is 4. The van der Waals surface area contributed by atoms with E-state index in [1.54, 1.807) is 6.07 Å². The predicted octanol–water partition coefficient (Wildman–Crippen LogP) is 2.24. The van der Waals surface area contributed by atoms with Gasteiger partial charge in [-0.15, -0.1) is 0 Å². The highest BCUT2D eigenvalue weighted by Crippen LogP contribution is 2.12. The number of carbonyl (C=O) groups excluding carboxylic acids is 1. The van der Waals surface area contributed by atoms with Crippen molar-refractivity contribution in [2.75, 3.05) is 5.75 Å². The maximum Gasteiger partial charge on any atom is 0.186 e. The highest BCUT2D eigenvalue weighted by atomic mass is 35.5. The second kappa shape index (κ2) is 6.17. The number of carbonyl (C=O) groups is 1. The van der Waals surface area contributed by atoms with E-state index in [9.17, 15) is 4.79 Å². The van der Waals surface area contributed by atoms with Crippen molar-refractivity contribution in [2.24, 2.45) is 0 Å². The lowest BCUT2D eigenvalue weighted by Gasteiger charge is -1.94. The van der Waals surface area contributed by atoms with Crippen molar-refractivity contribution in [2.45, 2.75) is 6.92 Å². The van der Waals surface area contributed by atoms with Crippen molar-refractivity contribution in [1.82, 2.24) is 4.98 Å². The number of nitriles is 1. The van der Waals surface area contributed by atoms with E-state index in [0.29, 0.717) is 16.9 Å². The second-order valence-corrected chi connectivity index (χ2v) is 4.27. The van der Waals surface area contributed by atoms with Gasteiger partial charge in [0.15, 0.2) is 5.12 Å². The molecular weight excluding hydrogens is 244 g/mol. The SMILES string of the molecule is CC(=O)SCC#Cc1cc(C#N)cnc1Cl. The monoisotopic (exact) mass is 250 g/mol. The minimum Gasteiger partial charge on any atom is -0.288 e. The Balaban J connectivity index is 2.80. The third-order valence-corrected chi connectivity index (χ3v) is 2.54. The number of thioether (sulfide) groups is 1. The summed E-state index contributed by atoms with van der Waals surface area (Å²) in [5.74, 6) is 5.96. The minimum absolute atomic E-state index is 0.0179. The van der Waals surface area contributed by atoms with E-state index in [1.807, 2.05) is 6.07 Å². The zero-order valence-corrected chi connectivity index (χ0v) is 10.0. The zero-order chi connectivity index (χ0) is 12.0. The molecule has 0 fully saturated rings. The molecule has 5 heteroatoms. The predicted molar refractivity (Wildman–Crippen MR) is 64.0 cm³/mol. The second-order valence-electron chi connectivity index (χ2n) is 2.76. The van der Waals surface area contributed by atoms with Crippen LogP contribution in [0.25, 0.3) is 0 Å². The van der Waals surface area contributed by atoms with Gasteiger partial charge in [-0.1, -0.05) is 35.2 Å². The van der Waals surface area contributed by atoms with Crippen LogP contribution in [0.3, 0.4) is 0 Å². The maximum absolute atomic E-state index is 10.6. The van der Waals surface area contributed by atoms with Gasteiger partial charge in [0.2, 0.25) is 0 Å². The van der Waals surface area contributed by atoms with E-state index in [1.165, 1.54) is 13.1 Å². The van der Waals surface area contributed by atoms with E-state index in [-0.39, 0.29) is 10.3 Å². The number of hydrogen-bond donors (Lipinski definition) is 0. The van der Waals surface area contributed by atoms with E-state index >= 15 is 0 Å². The molecule has 0 bridgehead atoms. The lowest BCUT2D eigenvalue weighted by Crippen LogP contribution is -1.86. The van der Waals surface area contributed by atoms with E-state index in [2.05, 4.69) is 16.8 Å². The molecule has 0 aliphatic carbocycles. The summed E-state index contributed by atoms with van der Waals surface area (Å²) >= 11 is 6.92. The average molecular weight is 251 g/mol. The first kappa shape index (κ1) is 12.6. The van der Waals surface area contributed by atoms with Gasteiger partial charge in [0.25, 0.3) is 0 Å². The molecule has 0 amide bonds. The quantitative estimate of drug-likeness (QED) is 0.567. The number of nitrogens with zero attached hydrogens (tertiary/aromatic N) is 2. The summed E-state index contributed by atoms with van der Waals surface area (Å²) in [5, 5.41) is 8.95. The Morgan fingerprint density at radius 3 is 3.06 bits per heavy atom. The summed E-state index contributed by atoms with van der Waals surface area (Å²) in [4.78, 5) is 14.5. The van der Waals surface area contributed by atoms with Crippen LogP contribution in [0, 0.1) is 23.2 Å². The molecule has 0 aliphatic rings. The van der Waals surface area contributed by atoms with Gasteiger partial charge in [0, 0.05) is 13.1 Å². The van der Waals surface area contributed by atoms with Crippen molar-refractivity contribution in [3.05, 3.63) is 28.5 Å². The third-order valence-electron chi connectivity index (χ3n) is 1.54. The Kier molecular flexibility index (Phi) is 4.85. The highest BCUT2D eigenvalue weighted by Gasteiger charge is 2.00. The van der Waals surface area contributed by atoms with Crippen molar-refractivity contribution >= 4 is 28.5 Å². The molecule has 1 rings (SSSR count). The lowest BCUT2D eigenvalue weighted by molar-refractivity contribution is -0.109. The van der Waals surface area contributed by atoms with Gasteiger partial charge in [0.1, 0.15) is 11.2 Å². The van der Waals surface area contributed by atoms with Gasteiger partial charge in [-0.2, -0.15) is 5.26 Å². The average Bonchev–Trinajstić information content (AvgIpc) is 2.26. The molecule has 3 nitrogen and oxygen atoms in total. The van der Waals surface area contributed by atoms with Crippen LogP contribution in [0.5, 0.6) is 0 Å². The van der Waals surface area contributed by atoms with Gasteiger partial charge < -0.3 is 0 Å². The lowest BCUT2D eigenvalue weighted by atomic mass is 10.2. The molecule has 1 heterocycles. The largest absolute Gasteiger partial charge is 0.288 e. The van der Waals surface area contributed by atoms with Gasteiger partial charge >= 0.3 is 0 Å². The molecule has 0 saturated heterocycles. The maximum atomic E-state index is 10.6. The molecule has 0 radical (unpaired) electrons. The highest BCUT2D eigenvalue weighted by molar-refractivity contribution is 8.13. The minimum atomic E-state index is 0.0179. The molecule has 0 aliphatic heterocycles. The molecule has 80 valence electrons. The van der Waals surface area contributed by atoms with Crippen LogP contribution in [0.1, 0.15) is 18.1 Å². The summed E-state index contributed by atoms with van der Waals surface area (Å²) in [6, 6.07) is 3.53. The van der Waals surface area contributed by atoms with Crippen molar-refractivity contribution in [3.63, 3.8) is 0 Å². The third kappa shape index (κ3) is 3.94. The fraction of sp³-hybridized carbons (Fsp3) is 0.182. The summed E-state index contributed by atoms with van der Waals surface area (Å²) in [6.45, 7) is 1.48.